The summed E-state index contributed by atoms with van der Waals surface area (Å²) < 4.78 is 0. The van der Waals surface area contributed by atoms with Crippen molar-refractivity contribution in [2.45, 2.75) is 151 Å². The fourth-order valence-corrected chi connectivity index (χ4v) is 12.1. The van der Waals surface area contributed by atoms with Gasteiger partial charge in [0.2, 0.25) is 0 Å². The van der Waals surface area contributed by atoms with Crippen molar-refractivity contribution in [2.24, 2.45) is 58.8 Å². The Balaban J connectivity index is 0.00000278. The number of fused-ring (bicyclic) bond motifs is 20. The minimum atomic E-state index is 0. The third-order valence-electron chi connectivity index (χ3n) is 14.1. The van der Waals surface area contributed by atoms with Gasteiger partial charge in [-0.25, -0.2) is 0 Å². The largest absolute Gasteiger partial charge is 0.326 e. The number of hydrogen-bond donors (Lipinski definition) is 10. The summed E-state index contributed by atoms with van der Waals surface area (Å²) >= 11 is 0. The van der Waals surface area contributed by atoms with E-state index in [0.29, 0.717) is 84.3 Å². The molecule has 10 nitrogen and oxygen atoms in total. The van der Waals surface area contributed by atoms with Crippen LogP contribution in [0.2, 0.25) is 0 Å². The van der Waals surface area contributed by atoms with E-state index in [0.717, 1.165) is 12.8 Å². The van der Waals surface area contributed by atoms with Crippen molar-refractivity contribution >= 4 is 0 Å². The predicted molar refractivity (Wildman–Crippen MR) is 164 cm³/mol. The zero-order chi connectivity index (χ0) is 27.9. The molecule has 11 heteroatoms. The molecule has 5 saturated heterocycles. The molecule has 0 amide bonds. The first-order valence-corrected chi connectivity index (χ1v) is 18.2. The van der Waals surface area contributed by atoms with E-state index < -0.39 is 0 Å². The Labute approximate surface area is 269 Å². The molecule has 18 atom stereocenters. The van der Waals surface area contributed by atoms with Gasteiger partial charge in [-0.1, -0.05) is 38.5 Å². The van der Waals surface area contributed by atoms with E-state index in [9.17, 15) is 0 Å². The number of hydrogen-bond acceptors (Lipinski definition) is 10. The van der Waals surface area contributed by atoms with Gasteiger partial charge in [-0.3, -0.25) is 42.5 Å². The summed E-state index contributed by atoms with van der Waals surface area (Å²) in [6.07, 6.45) is 20.9. The molecule has 9 fully saturated rings. The van der Waals surface area contributed by atoms with E-state index in [1.807, 2.05) is 0 Å². The van der Waals surface area contributed by atoms with E-state index in [1.165, 1.54) is 77.0 Å². The van der Waals surface area contributed by atoms with Crippen molar-refractivity contribution in [2.75, 3.05) is 0 Å². The average molecular weight is 646 g/mol. The van der Waals surface area contributed by atoms with E-state index in [4.69, 9.17) is 11.5 Å². The molecule has 4 saturated carbocycles. The molecular weight excluding hydrogens is 588 g/mol. The molecule has 247 valence electrons. The molecule has 5 heterocycles. The molecule has 18 unspecified atom stereocenters. The van der Waals surface area contributed by atoms with Gasteiger partial charge in [-0.05, 0) is 92.8 Å². The van der Waals surface area contributed by atoms with Crippen LogP contribution in [0.15, 0.2) is 0 Å². The zero-order valence-electron chi connectivity index (χ0n) is 25.7. The van der Waals surface area contributed by atoms with Crippen LogP contribution >= 0.6 is 0 Å². The monoisotopic (exact) mass is 645 g/mol. The van der Waals surface area contributed by atoms with Gasteiger partial charge in [0.05, 0.1) is 49.3 Å². The fraction of sp³-hybridized carbons (Fsp3) is 1.00. The van der Waals surface area contributed by atoms with Crippen LogP contribution in [0, 0.1) is 47.3 Å². The molecule has 0 spiro atoms. The number of nitrogens with two attached hydrogens (primary N) is 2. The zero-order valence-corrected chi connectivity index (χ0v) is 26.7. The molecular formula is C32H58CuN10. The van der Waals surface area contributed by atoms with E-state index >= 15 is 0 Å². The minimum absolute atomic E-state index is 0. The van der Waals surface area contributed by atoms with Gasteiger partial charge in [0, 0.05) is 35.1 Å². The van der Waals surface area contributed by atoms with Crippen LogP contribution in [0.1, 0.15) is 89.9 Å². The fourth-order valence-electron chi connectivity index (χ4n) is 12.1. The quantitative estimate of drug-likeness (QED) is 0.169. The van der Waals surface area contributed by atoms with Crippen LogP contribution in [0.4, 0.5) is 0 Å². The molecule has 9 rings (SSSR count). The summed E-state index contributed by atoms with van der Waals surface area (Å²) in [5, 5.41) is 33.4. The van der Waals surface area contributed by atoms with Crippen molar-refractivity contribution in [1.82, 2.24) is 42.5 Å². The molecule has 0 aromatic carbocycles. The smallest absolute Gasteiger partial charge is 0.0644 e. The van der Waals surface area contributed by atoms with Crippen LogP contribution in [-0.2, 0) is 17.1 Å². The topological polar surface area (TPSA) is 148 Å². The van der Waals surface area contributed by atoms with Crippen molar-refractivity contribution in [3.05, 3.63) is 0 Å². The van der Waals surface area contributed by atoms with Gasteiger partial charge in [0.15, 0.2) is 0 Å². The van der Waals surface area contributed by atoms with Crippen LogP contribution in [0.3, 0.4) is 0 Å². The van der Waals surface area contributed by atoms with Gasteiger partial charge in [-0.2, -0.15) is 0 Å². The Hall–Kier alpha value is 0.119. The molecule has 0 aromatic rings. The summed E-state index contributed by atoms with van der Waals surface area (Å²) in [6, 6.07) is 0.112. The van der Waals surface area contributed by atoms with E-state index in [1.54, 1.807) is 0 Å². The first-order chi connectivity index (χ1) is 20.6. The van der Waals surface area contributed by atoms with Crippen molar-refractivity contribution in [1.29, 1.82) is 0 Å². The Bertz CT molecular complexity index is 988. The molecule has 8 bridgehead atoms. The van der Waals surface area contributed by atoms with Crippen molar-refractivity contribution in [3.8, 4) is 0 Å². The second-order valence-electron chi connectivity index (χ2n) is 16.1. The standard InChI is InChI=1S/C32H58N10.Cu/c33-22-14-13-21-23(24(22)34)32-41-30-20-12-6-5-11-19(20)28(39-30)37-26-16-8-2-1-7-15(16)25(35-26)36-27-17-9-3-4-10-18(17)29(38-27)40-31(21)42-32;/h15-32,35-42H,1-14,33-34H2;. The summed E-state index contributed by atoms with van der Waals surface area (Å²) in [5.74, 6) is 4.97. The Morgan fingerprint density at radius 1 is 0.326 bits per heavy atom. The van der Waals surface area contributed by atoms with E-state index in [2.05, 4.69) is 42.5 Å². The first kappa shape index (κ1) is 30.5. The van der Waals surface area contributed by atoms with Gasteiger partial charge < -0.3 is 11.5 Å². The van der Waals surface area contributed by atoms with Crippen LogP contribution in [0.5, 0.6) is 0 Å². The summed E-state index contributed by atoms with van der Waals surface area (Å²) in [5.41, 5.74) is 13.6. The SMILES string of the molecule is NC1CCC2C3NC4NC(NC5NC(NC6NC(NC(N3)C2C1N)C1CCCCC61)C1CCCCC51)C1CCCCC41.[Cu]. The second-order valence-corrected chi connectivity index (χ2v) is 16.1. The van der Waals surface area contributed by atoms with Crippen LogP contribution in [0.25, 0.3) is 0 Å². The maximum Gasteiger partial charge on any atom is 0.0644 e. The Kier molecular flexibility index (Phi) is 8.70. The molecule has 43 heavy (non-hydrogen) atoms. The second kappa shape index (κ2) is 12.3. The molecule has 12 N–H and O–H groups in total. The van der Waals surface area contributed by atoms with E-state index in [-0.39, 0.29) is 41.5 Å². The van der Waals surface area contributed by atoms with Crippen LogP contribution in [-0.4, -0.2) is 61.4 Å². The molecule has 0 aromatic heterocycles. The molecule has 5 aliphatic heterocycles. The minimum Gasteiger partial charge on any atom is -0.326 e. The summed E-state index contributed by atoms with van der Waals surface area (Å²) in [7, 11) is 0. The van der Waals surface area contributed by atoms with Gasteiger partial charge >= 0.3 is 0 Å². The normalized spacial score (nSPS) is 57.6. The van der Waals surface area contributed by atoms with Crippen molar-refractivity contribution < 1.29 is 17.1 Å². The number of rotatable bonds is 0. The molecule has 9 aliphatic rings. The molecule has 4 aliphatic carbocycles. The predicted octanol–water partition coefficient (Wildman–Crippen LogP) is 0.478. The maximum absolute atomic E-state index is 6.97. The van der Waals surface area contributed by atoms with Crippen molar-refractivity contribution in [3.63, 3.8) is 0 Å². The average Bonchev–Trinajstić information content (AvgIpc) is 3.74. The van der Waals surface area contributed by atoms with Gasteiger partial charge in [-0.15, -0.1) is 0 Å². The Morgan fingerprint density at radius 3 is 0.930 bits per heavy atom. The third kappa shape index (κ3) is 5.21. The molecule has 1 radical (unpaired) electrons. The van der Waals surface area contributed by atoms with Crippen LogP contribution < -0.4 is 54.0 Å². The maximum atomic E-state index is 6.97. The number of nitrogens with one attached hydrogen (secondary N) is 8. The Morgan fingerprint density at radius 2 is 0.605 bits per heavy atom. The summed E-state index contributed by atoms with van der Waals surface area (Å²) in [6.45, 7) is 0. The first-order valence-electron chi connectivity index (χ1n) is 18.2. The van der Waals surface area contributed by atoms with Gasteiger partial charge in [0.1, 0.15) is 0 Å². The third-order valence-corrected chi connectivity index (χ3v) is 14.1. The van der Waals surface area contributed by atoms with Gasteiger partial charge in [0.25, 0.3) is 0 Å². The summed E-state index contributed by atoms with van der Waals surface area (Å²) in [4.78, 5) is 0.